The highest BCUT2D eigenvalue weighted by Crippen LogP contribution is 2.20. The van der Waals surface area contributed by atoms with Crippen LogP contribution in [0.25, 0.3) is 5.69 Å². The van der Waals surface area contributed by atoms with Crippen LogP contribution in [-0.4, -0.2) is 20.3 Å². The van der Waals surface area contributed by atoms with Gasteiger partial charge in [-0.05, 0) is 55.0 Å². The summed E-state index contributed by atoms with van der Waals surface area (Å²) in [6.45, 7) is 1.82. The Labute approximate surface area is 167 Å². The number of halogens is 2. The molecule has 0 saturated heterocycles. The second-order valence-corrected chi connectivity index (χ2v) is 7.15. The lowest BCUT2D eigenvalue weighted by Crippen LogP contribution is -2.43. The van der Waals surface area contributed by atoms with Crippen LogP contribution in [0.2, 0.25) is 5.02 Å². The van der Waals surface area contributed by atoms with Crippen molar-refractivity contribution in [2.45, 2.75) is 6.92 Å². The van der Waals surface area contributed by atoms with Crippen LogP contribution >= 0.6 is 27.5 Å². The molecule has 1 amide bonds. The highest BCUT2D eigenvalue weighted by atomic mass is 79.9. The van der Waals surface area contributed by atoms with Crippen molar-refractivity contribution in [3.05, 3.63) is 84.1 Å². The molecule has 0 fully saturated rings. The minimum Gasteiger partial charge on any atom is -0.320 e. The van der Waals surface area contributed by atoms with Crippen LogP contribution in [0.5, 0.6) is 0 Å². The largest absolute Gasteiger partial charge is 0.351 e. The second kappa shape index (κ2) is 7.50. The molecular formula is C18H14BrClN4O3. The fourth-order valence-electron chi connectivity index (χ4n) is 2.42. The maximum absolute atomic E-state index is 12.6. The van der Waals surface area contributed by atoms with E-state index in [1.165, 1.54) is 7.05 Å². The Morgan fingerprint density at radius 2 is 1.81 bits per heavy atom. The predicted molar refractivity (Wildman–Crippen MR) is 107 cm³/mol. The van der Waals surface area contributed by atoms with E-state index in [1.807, 2.05) is 13.0 Å². The molecule has 0 spiro atoms. The molecule has 1 aromatic heterocycles. The predicted octanol–water partition coefficient (Wildman–Crippen LogP) is 2.91. The van der Waals surface area contributed by atoms with E-state index in [0.717, 1.165) is 19.3 Å². The van der Waals surface area contributed by atoms with Gasteiger partial charge in [0.1, 0.15) is 0 Å². The number of nitrogens with zero attached hydrogens (tertiary/aromatic N) is 3. The minimum atomic E-state index is -0.780. The van der Waals surface area contributed by atoms with Gasteiger partial charge in [-0.2, -0.15) is 9.78 Å². The third kappa shape index (κ3) is 3.86. The molecule has 138 valence electrons. The van der Waals surface area contributed by atoms with Gasteiger partial charge in [0.05, 0.1) is 5.69 Å². The van der Waals surface area contributed by atoms with Gasteiger partial charge >= 0.3 is 5.69 Å². The summed E-state index contributed by atoms with van der Waals surface area (Å²) >= 11 is 9.21. The number of aromatic nitrogens is 3. The summed E-state index contributed by atoms with van der Waals surface area (Å²) in [5.41, 5.74) is -0.115. The number of benzene rings is 2. The van der Waals surface area contributed by atoms with Crippen LogP contribution in [0.1, 0.15) is 16.1 Å². The Morgan fingerprint density at radius 3 is 2.44 bits per heavy atom. The first-order chi connectivity index (χ1) is 12.8. The molecule has 0 saturated carbocycles. The van der Waals surface area contributed by atoms with Gasteiger partial charge < -0.3 is 5.32 Å². The van der Waals surface area contributed by atoms with Crippen molar-refractivity contribution in [2.75, 3.05) is 5.32 Å². The zero-order chi connectivity index (χ0) is 19.7. The lowest BCUT2D eigenvalue weighted by molar-refractivity contribution is 0.101. The van der Waals surface area contributed by atoms with Gasteiger partial charge in [0.25, 0.3) is 11.5 Å². The molecular weight excluding hydrogens is 436 g/mol. The quantitative estimate of drug-likeness (QED) is 0.666. The molecule has 0 unspecified atom stereocenters. The number of hydrogen-bond acceptors (Lipinski definition) is 4. The standard InChI is InChI=1S/C18H14BrClN4O3/c1-10-9-11(19)3-8-14(10)21-16(25)15-17(26)23(2)18(27)24(22-15)13-6-4-12(20)5-7-13/h3-9H,1-2H3,(H,21,25). The zero-order valence-electron chi connectivity index (χ0n) is 14.4. The summed E-state index contributed by atoms with van der Waals surface area (Å²) < 4.78 is 2.69. The van der Waals surface area contributed by atoms with Crippen LogP contribution in [0, 0.1) is 6.92 Å². The number of hydrogen-bond donors (Lipinski definition) is 1. The maximum Gasteiger partial charge on any atom is 0.351 e. The third-order valence-corrected chi connectivity index (χ3v) is 4.64. The number of nitrogens with one attached hydrogen (secondary N) is 1. The zero-order valence-corrected chi connectivity index (χ0v) is 16.7. The Bertz CT molecular complexity index is 1150. The van der Waals surface area contributed by atoms with Crippen LogP contribution in [0.4, 0.5) is 5.69 Å². The summed E-state index contributed by atoms with van der Waals surface area (Å²) in [6.07, 6.45) is 0. The number of anilines is 1. The van der Waals surface area contributed by atoms with Crippen molar-refractivity contribution in [1.82, 2.24) is 14.3 Å². The summed E-state index contributed by atoms with van der Waals surface area (Å²) in [7, 11) is 1.29. The van der Waals surface area contributed by atoms with Gasteiger partial charge in [0.15, 0.2) is 0 Å². The van der Waals surface area contributed by atoms with Crippen LogP contribution in [0.3, 0.4) is 0 Å². The first kappa shape index (κ1) is 19.1. The fraction of sp³-hybridized carbons (Fsp3) is 0.111. The molecule has 0 aliphatic rings. The van der Waals surface area contributed by atoms with Crippen molar-refractivity contribution < 1.29 is 4.79 Å². The van der Waals surface area contributed by atoms with E-state index in [0.29, 0.717) is 16.4 Å². The Kier molecular flexibility index (Phi) is 5.29. The third-order valence-electron chi connectivity index (χ3n) is 3.90. The van der Waals surface area contributed by atoms with Crippen LogP contribution < -0.4 is 16.6 Å². The molecule has 1 heterocycles. The lowest BCUT2D eigenvalue weighted by Gasteiger charge is -2.11. The average molecular weight is 450 g/mol. The van der Waals surface area contributed by atoms with E-state index in [4.69, 9.17) is 11.6 Å². The van der Waals surface area contributed by atoms with Crippen molar-refractivity contribution in [3.8, 4) is 5.69 Å². The Balaban J connectivity index is 2.07. The van der Waals surface area contributed by atoms with E-state index >= 15 is 0 Å². The van der Waals surface area contributed by atoms with E-state index in [-0.39, 0.29) is 0 Å². The molecule has 3 aromatic rings. The molecule has 1 N–H and O–H groups in total. The monoisotopic (exact) mass is 448 g/mol. The van der Waals surface area contributed by atoms with Gasteiger partial charge in [-0.25, -0.2) is 4.79 Å². The van der Waals surface area contributed by atoms with Crippen LogP contribution in [0.15, 0.2) is 56.5 Å². The van der Waals surface area contributed by atoms with Gasteiger partial charge in [-0.15, -0.1) is 0 Å². The maximum atomic E-state index is 12.6. The summed E-state index contributed by atoms with van der Waals surface area (Å²) in [5, 5.41) is 7.13. The summed E-state index contributed by atoms with van der Waals surface area (Å²) in [4.78, 5) is 37.4. The molecule has 0 bridgehead atoms. The summed E-state index contributed by atoms with van der Waals surface area (Å²) in [6, 6.07) is 11.6. The number of carbonyl (C=O) groups is 1. The van der Waals surface area contributed by atoms with E-state index < -0.39 is 22.9 Å². The topological polar surface area (TPSA) is 86.0 Å². The number of carbonyl (C=O) groups excluding carboxylic acids is 1. The molecule has 9 heteroatoms. The van der Waals surface area contributed by atoms with Crippen molar-refractivity contribution in [3.63, 3.8) is 0 Å². The molecule has 0 atom stereocenters. The van der Waals surface area contributed by atoms with Crippen molar-refractivity contribution >= 4 is 39.1 Å². The van der Waals surface area contributed by atoms with Crippen molar-refractivity contribution in [2.24, 2.45) is 7.05 Å². The molecule has 0 radical (unpaired) electrons. The van der Waals surface area contributed by atoms with E-state index in [1.54, 1.807) is 36.4 Å². The fourth-order valence-corrected chi connectivity index (χ4v) is 3.02. The SMILES string of the molecule is Cc1cc(Br)ccc1NC(=O)c1nn(-c2ccc(Cl)cc2)c(=O)n(C)c1=O. The van der Waals surface area contributed by atoms with Gasteiger partial charge in [-0.1, -0.05) is 27.5 Å². The van der Waals surface area contributed by atoms with E-state index in [9.17, 15) is 14.4 Å². The molecule has 2 aromatic carbocycles. The molecule has 0 aliphatic heterocycles. The Morgan fingerprint density at radius 1 is 1.15 bits per heavy atom. The number of aryl methyl sites for hydroxylation is 1. The minimum absolute atomic E-state index is 0.383. The first-order valence-corrected chi connectivity index (χ1v) is 8.99. The lowest BCUT2D eigenvalue weighted by atomic mass is 10.2. The van der Waals surface area contributed by atoms with Crippen LogP contribution in [-0.2, 0) is 7.05 Å². The van der Waals surface area contributed by atoms with Gasteiger partial charge in [-0.3, -0.25) is 14.2 Å². The van der Waals surface area contributed by atoms with Crippen molar-refractivity contribution in [1.29, 1.82) is 0 Å². The molecule has 0 aliphatic carbocycles. The Hall–Kier alpha value is -2.71. The highest BCUT2D eigenvalue weighted by molar-refractivity contribution is 9.10. The van der Waals surface area contributed by atoms with Gasteiger partial charge in [0.2, 0.25) is 5.69 Å². The molecule has 27 heavy (non-hydrogen) atoms. The second-order valence-electron chi connectivity index (χ2n) is 5.80. The highest BCUT2D eigenvalue weighted by Gasteiger charge is 2.19. The smallest absolute Gasteiger partial charge is 0.320 e. The first-order valence-electron chi connectivity index (χ1n) is 7.81. The average Bonchev–Trinajstić information content (AvgIpc) is 2.63. The molecule has 7 nitrogen and oxygen atoms in total. The summed E-state index contributed by atoms with van der Waals surface area (Å²) in [5.74, 6) is -0.705. The molecule has 3 rings (SSSR count). The number of amides is 1. The normalized spacial score (nSPS) is 10.7. The number of rotatable bonds is 3. The van der Waals surface area contributed by atoms with Gasteiger partial charge in [0, 0.05) is 22.2 Å². The van der Waals surface area contributed by atoms with E-state index in [2.05, 4.69) is 26.3 Å².